The van der Waals surface area contributed by atoms with Gasteiger partial charge in [0.2, 0.25) is 15.9 Å². The molecule has 0 bridgehead atoms. The largest absolute Gasteiger partial charge is 0.467 e. The van der Waals surface area contributed by atoms with Crippen molar-refractivity contribution in [3.05, 3.63) is 83.8 Å². The van der Waals surface area contributed by atoms with E-state index in [1.54, 1.807) is 67.6 Å². The van der Waals surface area contributed by atoms with Crippen LogP contribution in [0.25, 0.3) is 0 Å². The van der Waals surface area contributed by atoms with Crippen molar-refractivity contribution in [1.82, 2.24) is 5.32 Å². The Morgan fingerprint density at radius 2 is 1.71 bits per heavy atom. The Kier molecular flexibility index (Phi) is 6.76. The first-order valence-electron chi connectivity index (χ1n) is 9.48. The van der Waals surface area contributed by atoms with Crippen LogP contribution >= 0.6 is 0 Å². The van der Waals surface area contributed by atoms with Crippen LogP contribution in [-0.4, -0.2) is 33.0 Å². The maximum absolute atomic E-state index is 12.7. The third-order valence-corrected chi connectivity index (χ3v) is 5.65. The number of nitrogens with zero attached hydrogens (tertiary/aromatic N) is 1. The molecule has 0 aliphatic heterocycles. The summed E-state index contributed by atoms with van der Waals surface area (Å²) in [6, 6.07) is 16.9. The second-order valence-corrected chi connectivity index (χ2v) is 8.82. The number of benzene rings is 2. The van der Waals surface area contributed by atoms with Crippen molar-refractivity contribution in [3.8, 4) is 0 Å². The lowest BCUT2D eigenvalue weighted by atomic mass is 10.1. The molecule has 3 aromatic rings. The number of hydrogen-bond acceptors (Lipinski definition) is 5. The van der Waals surface area contributed by atoms with Gasteiger partial charge in [0.15, 0.2) is 0 Å². The highest BCUT2D eigenvalue weighted by atomic mass is 32.2. The molecule has 162 valence electrons. The summed E-state index contributed by atoms with van der Waals surface area (Å²) in [7, 11) is -3.71. The molecule has 8 nitrogen and oxygen atoms in total. The summed E-state index contributed by atoms with van der Waals surface area (Å²) in [5.74, 6) is -0.372. The fourth-order valence-corrected chi connectivity index (χ4v) is 3.92. The molecule has 0 unspecified atom stereocenters. The van der Waals surface area contributed by atoms with Crippen LogP contribution < -0.4 is 14.9 Å². The summed E-state index contributed by atoms with van der Waals surface area (Å²) in [4.78, 5) is 25.3. The van der Waals surface area contributed by atoms with E-state index in [4.69, 9.17) is 4.42 Å². The lowest BCUT2D eigenvalue weighted by Crippen LogP contribution is -2.38. The number of furan rings is 1. The van der Waals surface area contributed by atoms with Gasteiger partial charge in [-0.3, -0.25) is 13.9 Å². The number of nitrogens with one attached hydrogen (secondary N) is 2. The second kappa shape index (κ2) is 9.48. The molecule has 0 fully saturated rings. The van der Waals surface area contributed by atoms with E-state index < -0.39 is 28.4 Å². The van der Waals surface area contributed by atoms with E-state index in [1.165, 1.54) is 6.26 Å². The molecular weight excluding hydrogens is 418 g/mol. The average Bonchev–Trinajstić information content (AvgIpc) is 3.24. The number of amides is 2. The van der Waals surface area contributed by atoms with Crippen molar-refractivity contribution >= 4 is 33.2 Å². The van der Waals surface area contributed by atoms with Gasteiger partial charge in [-0.1, -0.05) is 30.3 Å². The van der Waals surface area contributed by atoms with Crippen molar-refractivity contribution in [2.24, 2.45) is 0 Å². The van der Waals surface area contributed by atoms with E-state index in [-0.39, 0.29) is 17.8 Å². The molecule has 3 rings (SSSR count). The number of sulfonamides is 1. The molecule has 0 aliphatic rings. The predicted octanol–water partition coefficient (Wildman–Crippen LogP) is 2.92. The van der Waals surface area contributed by atoms with Gasteiger partial charge in [0, 0.05) is 0 Å². The highest BCUT2D eigenvalue weighted by Gasteiger charge is 2.23. The quantitative estimate of drug-likeness (QED) is 0.559. The highest BCUT2D eigenvalue weighted by Crippen LogP contribution is 2.22. The smallest absolute Gasteiger partial charge is 0.253 e. The zero-order valence-electron chi connectivity index (χ0n) is 17.2. The SMILES string of the molecule is Cc1ccccc1N(CC(=O)Nc1ccccc1C(=O)NCc1ccco1)S(C)(=O)=O. The normalized spacial score (nSPS) is 11.0. The summed E-state index contributed by atoms with van der Waals surface area (Å²) >= 11 is 0. The number of carbonyl (C=O) groups is 2. The van der Waals surface area contributed by atoms with Crippen LogP contribution in [0.5, 0.6) is 0 Å². The Balaban J connectivity index is 1.75. The summed E-state index contributed by atoms with van der Waals surface area (Å²) in [5.41, 5.74) is 1.68. The van der Waals surface area contributed by atoms with E-state index in [0.29, 0.717) is 11.4 Å². The van der Waals surface area contributed by atoms with Gasteiger partial charge >= 0.3 is 0 Å². The minimum atomic E-state index is -3.71. The van der Waals surface area contributed by atoms with Gasteiger partial charge in [-0.2, -0.15) is 0 Å². The molecule has 2 N–H and O–H groups in total. The van der Waals surface area contributed by atoms with Crippen LogP contribution in [0.2, 0.25) is 0 Å². The molecule has 2 amide bonds. The van der Waals surface area contributed by atoms with Crippen LogP contribution in [0.15, 0.2) is 71.3 Å². The van der Waals surface area contributed by atoms with Crippen molar-refractivity contribution in [3.63, 3.8) is 0 Å². The van der Waals surface area contributed by atoms with Crippen molar-refractivity contribution in [1.29, 1.82) is 0 Å². The van der Waals surface area contributed by atoms with Crippen molar-refractivity contribution in [2.75, 3.05) is 22.4 Å². The molecule has 0 aliphatic carbocycles. The summed E-state index contributed by atoms with van der Waals surface area (Å²) in [6.45, 7) is 1.54. The molecule has 1 aromatic heterocycles. The van der Waals surface area contributed by atoms with Gasteiger partial charge in [0.05, 0.1) is 36.0 Å². The van der Waals surface area contributed by atoms with Crippen LogP contribution in [0, 0.1) is 6.92 Å². The minimum Gasteiger partial charge on any atom is -0.467 e. The van der Waals surface area contributed by atoms with Crippen molar-refractivity contribution in [2.45, 2.75) is 13.5 Å². The van der Waals surface area contributed by atoms with Crippen LogP contribution in [0.1, 0.15) is 21.7 Å². The van der Waals surface area contributed by atoms with Crippen LogP contribution in [-0.2, 0) is 21.4 Å². The number of aryl methyl sites for hydroxylation is 1. The first kappa shape index (κ1) is 22.1. The van der Waals surface area contributed by atoms with Gasteiger partial charge in [0.25, 0.3) is 5.91 Å². The minimum absolute atomic E-state index is 0.198. The molecule has 31 heavy (non-hydrogen) atoms. The van der Waals surface area contributed by atoms with Crippen LogP contribution in [0.3, 0.4) is 0 Å². The monoisotopic (exact) mass is 441 g/mol. The maximum Gasteiger partial charge on any atom is 0.253 e. The molecule has 0 spiro atoms. The Morgan fingerprint density at radius 1 is 1.00 bits per heavy atom. The number of para-hydroxylation sites is 2. The summed E-state index contributed by atoms with van der Waals surface area (Å²) in [5, 5.41) is 5.37. The Labute approximate surface area is 180 Å². The van der Waals surface area contributed by atoms with Gasteiger partial charge in [-0.15, -0.1) is 0 Å². The standard InChI is InChI=1S/C22H23N3O5S/c1-16-8-3-6-12-20(16)25(31(2,28)29)15-21(26)24-19-11-5-4-10-18(19)22(27)23-14-17-9-7-13-30-17/h3-13H,14-15H2,1-2H3,(H,23,27)(H,24,26). The topological polar surface area (TPSA) is 109 Å². The molecule has 0 saturated carbocycles. The van der Waals surface area contributed by atoms with Gasteiger partial charge in [-0.05, 0) is 42.8 Å². The van der Waals surface area contributed by atoms with Gasteiger partial charge < -0.3 is 15.1 Å². The number of hydrogen-bond donors (Lipinski definition) is 2. The van der Waals surface area contributed by atoms with Crippen molar-refractivity contribution < 1.29 is 22.4 Å². The zero-order chi connectivity index (χ0) is 22.4. The number of rotatable bonds is 8. The number of anilines is 2. The first-order valence-corrected chi connectivity index (χ1v) is 11.3. The second-order valence-electron chi connectivity index (χ2n) is 6.91. The fraction of sp³-hybridized carbons (Fsp3) is 0.182. The lowest BCUT2D eigenvalue weighted by molar-refractivity contribution is -0.114. The Hall–Kier alpha value is -3.59. The molecule has 0 saturated heterocycles. The summed E-state index contributed by atoms with van der Waals surface area (Å²) in [6.07, 6.45) is 2.56. The fourth-order valence-electron chi connectivity index (χ4n) is 3.01. The van der Waals surface area contributed by atoms with E-state index in [0.717, 1.165) is 16.1 Å². The summed E-state index contributed by atoms with van der Waals surface area (Å²) < 4.78 is 30.9. The molecule has 0 atom stereocenters. The predicted molar refractivity (Wildman–Crippen MR) is 118 cm³/mol. The molecule has 2 aromatic carbocycles. The highest BCUT2D eigenvalue weighted by molar-refractivity contribution is 7.92. The molecule has 9 heteroatoms. The van der Waals surface area contributed by atoms with Crippen LogP contribution in [0.4, 0.5) is 11.4 Å². The van der Waals surface area contributed by atoms with E-state index >= 15 is 0 Å². The average molecular weight is 442 g/mol. The molecular formula is C22H23N3O5S. The van der Waals surface area contributed by atoms with Gasteiger partial charge in [-0.25, -0.2) is 8.42 Å². The lowest BCUT2D eigenvalue weighted by Gasteiger charge is -2.23. The van der Waals surface area contributed by atoms with Gasteiger partial charge in [0.1, 0.15) is 12.3 Å². The van der Waals surface area contributed by atoms with E-state index in [2.05, 4.69) is 10.6 Å². The van der Waals surface area contributed by atoms with E-state index in [9.17, 15) is 18.0 Å². The zero-order valence-corrected chi connectivity index (χ0v) is 18.0. The third-order valence-electron chi connectivity index (χ3n) is 4.52. The van der Waals surface area contributed by atoms with E-state index in [1.807, 2.05) is 0 Å². The Bertz CT molecular complexity index is 1170. The molecule has 0 radical (unpaired) electrons. The third kappa shape index (κ3) is 5.73. The molecule has 1 heterocycles. The first-order chi connectivity index (χ1) is 14.8. The number of carbonyl (C=O) groups excluding carboxylic acids is 2. The maximum atomic E-state index is 12.7. The Morgan fingerprint density at radius 3 is 2.39 bits per heavy atom.